The maximum Gasteiger partial charge on any atom is 0.215 e. The zero-order chi connectivity index (χ0) is 17.9. The molecule has 6 heteroatoms. The molecule has 0 saturated heterocycles. The summed E-state index contributed by atoms with van der Waals surface area (Å²) in [4.78, 5) is 13.3. The minimum atomic E-state index is -0.857. The standard InChI is InChI=1S/C18H18ClFN2O2/c1-5-18(6-2,7-3)22(11-23)17-12(4)24-21-16(17)15-13(19)9-8-10-14(15)20/h1,8-11H,6-7H2,2-4H3. The molecule has 1 amide bonds. The molecule has 1 aromatic heterocycles. The summed E-state index contributed by atoms with van der Waals surface area (Å²) in [7, 11) is 0. The third-order valence-corrected chi connectivity index (χ3v) is 4.59. The van der Waals surface area contributed by atoms with E-state index in [0.29, 0.717) is 30.7 Å². The van der Waals surface area contributed by atoms with Gasteiger partial charge in [0.1, 0.15) is 22.7 Å². The van der Waals surface area contributed by atoms with Crippen molar-refractivity contribution in [3.05, 3.63) is 34.8 Å². The number of carbonyl (C=O) groups excluding carboxylic acids is 1. The Morgan fingerprint density at radius 2 is 2.12 bits per heavy atom. The highest BCUT2D eigenvalue weighted by atomic mass is 35.5. The van der Waals surface area contributed by atoms with Crippen molar-refractivity contribution in [1.82, 2.24) is 5.16 Å². The van der Waals surface area contributed by atoms with E-state index in [1.807, 2.05) is 13.8 Å². The van der Waals surface area contributed by atoms with Crippen LogP contribution in [0.5, 0.6) is 0 Å². The van der Waals surface area contributed by atoms with Crippen molar-refractivity contribution in [3.63, 3.8) is 0 Å². The summed E-state index contributed by atoms with van der Waals surface area (Å²) in [5.74, 6) is 2.49. The quantitative estimate of drug-likeness (QED) is 0.566. The Kier molecular flexibility index (Phi) is 5.30. The number of amides is 1. The zero-order valence-electron chi connectivity index (χ0n) is 13.8. The van der Waals surface area contributed by atoms with Crippen molar-refractivity contribution in [2.75, 3.05) is 4.90 Å². The van der Waals surface area contributed by atoms with Crippen LogP contribution in [0.1, 0.15) is 32.4 Å². The van der Waals surface area contributed by atoms with E-state index in [1.165, 1.54) is 17.0 Å². The molecule has 0 radical (unpaired) electrons. The van der Waals surface area contributed by atoms with E-state index in [1.54, 1.807) is 13.0 Å². The minimum absolute atomic E-state index is 0.0796. The highest BCUT2D eigenvalue weighted by Gasteiger charge is 2.36. The number of aryl methyl sites for hydroxylation is 1. The molecule has 2 rings (SSSR count). The summed E-state index contributed by atoms with van der Waals surface area (Å²) in [6.45, 7) is 5.42. The first-order valence-electron chi connectivity index (χ1n) is 7.58. The van der Waals surface area contributed by atoms with E-state index in [0.717, 1.165) is 0 Å². The molecule has 0 fully saturated rings. The maximum atomic E-state index is 14.3. The fraction of sp³-hybridized carbons (Fsp3) is 0.333. The van der Waals surface area contributed by atoms with Crippen LogP contribution >= 0.6 is 11.6 Å². The van der Waals surface area contributed by atoms with Crippen molar-refractivity contribution >= 4 is 23.7 Å². The molecule has 126 valence electrons. The summed E-state index contributed by atoms with van der Waals surface area (Å²) in [6.07, 6.45) is 7.38. The Hall–Kier alpha value is -2.32. The second-order valence-corrected chi connectivity index (χ2v) is 5.80. The van der Waals surface area contributed by atoms with Crippen LogP contribution in [-0.4, -0.2) is 17.1 Å². The van der Waals surface area contributed by atoms with Gasteiger partial charge >= 0.3 is 0 Å². The predicted octanol–water partition coefficient (Wildman–Crippen LogP) is 4.60. The molecular formula is C18H18ClFN2O2. The first-order valence-corrected chi connectivity index (χ1v) is 7.96. The molecular weight excluding hydrogens is 331 g/mol. The van der Waals surface area contributed by atoms with Crippen LogP contribution in [0.3, 0.4) is 0 Å². The minimum Gasteiger partial charge on any atom is -0.359 e. The third kappa shape index (κ3) is 2.78. The molecule has 0 N–H and O–H groups in total. The number of benzene rings is 1. The average Bonchev–Trinajstić information content (AvgIpc) is 2.94. The normalized spacial score (nSPS) is 11.2. The number of hydrogen-bond donors (Lipinski definition) is 0. The van der Waals surface area contributed by atoms with Gasteiger partial charge in [0.25, 0.3) is 0 Å². The van der Waals surface area contributed by atoms with Crippen LogP contribution in [0.15, 0.2) is 22.7 Å². The molecule has 0 aliphatic carbocycles. The van der Waals surface area contributed by atoms with Gasteiger partial charge in [0, 0.05) is 0 Å². The molecule has 4 nitrogen and oxygen atoms in total. The largest absolute Gasteiger partial charge is 0.359 e. The van der Waals surface area contributed by atoms with Gasteiger partial charge in [-0.15, -0.1) is 6.42 Å². The van der Waals surface area contributed by atoms with Gasteiger partial charge in [-0.05, 0) is 31.9 Å². The topological polar surface area (TPSA) is 46.3 Å². The average molecular weight is 349 g/mol. The highest BCUT2D eigenvalue weighted by Crippen LogP contribution is 2.41. The Labute approximate surface area is 145 Å². The Morgan fingerprint density at radius 1 is 1.46 bits per heavy atom. The zero-order valence-corrected chi connectivity index (χ0v) is 14.5. The fourth-order valence-corrected chi connectivity index (χ4v) is 3.02. The number of aromatic nitrogens is 1. The lowest BCUT2D eigenvalue weighted by Gasteiger charge is -2.36. The number of terminal acetylenes is 1. The van der Waals surface area contributed by atoms with Crippen LogP contribution in [0.2, 0.25) is 5.02 Å². The van der Waals surface area contributed by atoms with E-state index in [2.05, 4.69) is 11.1 Å². The van der Waals surface area contributed by atoms with Crippen molar-refractivity contribution in [2.45, 2.75) is 39.2 Å². The molecule has 0 unspecified atom stereocenters. The monoisotopic (exact) mass is 348 g/mol. The Morgan fingerprint density at radius 3 is 2.62 bits per heavy atom. The number of nitrogens with zero attached hydrogens (tertiary/aromatic N) is 2. The molecule has 0 spiro atoms. The molecule has 0 bridgehead atoms. The number of halogens is 2. The molecule has 24 heavy (non-hydrogen) atoms. The maximum absolute atomic E-state index is 14.3. The first kappa shape index (κ1) is 18.0. The molecule has 0 aliphatic heterocycles. The number of rotatable bonds is 6. The van der Waals surface area contributed by atoms with E-state index >= 15 is 0 Å². The van der Waals surface area contributed by atoms with Gasteiger partial charge in [0.15, 0.2) is 5.76 Å². The second kappa shape index (κ2) is 7.06. The van der Waals surface area contributed by atoms with E-state index in [4.69, 9.17) is 22.5 Å². The van der Waals surface area contributed by atoms with E-state index in [9.17, 15) is 9.18 Å². The lowest BCUT2D eigenvalue weighted by atomic mass is 9.90. The van der Waals surface area contributed by atoms with E-state index in [-0.39, 0.29) is 16.3 Å². The number of carbonyl (C=O) groups is 1. The van der Waals surface area contributed by atoms with Crippen molar-refractivity contribution in [2.24, 2.45) is 0 Å². The van der Waals surface area contributed by atoms with Crippen molar-refractivity contribution in [3.8, 4) is 23.6 Å². The summed E-state index contributed by atoms with van der Waals surface area (Å²) in [5, 5.41) is 4.10. The van der Waals surface area contributed by atoms with Gasteiger partial charge in [0.2, 0.25) is 6.41 Å². The van der Waals surface area contributed by atoms with Crippen molar-refractivity contribution < 1.29 is 13.7 Å². The van der Waals surface area contributed by atoms with Gasteiger partial charge in [-0.1, -0.05) is 42.6 Å². The summed E-state index contributed by atoms with van der Waals surface area (Å²) in [6, 6.07) is 4.32. The van der Waals surface area contributed by atoms with Crippen LogP contribution in [-0.2, 0) is 4.79 Å². The lowest BCUT2D eigenvalue weighted by Crippen LogP contribution is -2.46. The molecule has 2 aromatic rings. The SMILES string of the molecule is C#CC(CC)(CC)N(C=O)c1c(-c2c(F)cccc2Cl)noc1C. The number of hydrogen-bond acceptors (Lipinski definition) is 3. The molecule has 0 atom stereocenters. The molecule has 0 aliphatic rings. The van der Waals surface area contributed by atoms with Gasteiger partial charge in [-0.25, -0.2) is 4.39 Å². The van der Waals surface area contributed by atoms with Gasteiger partial charge in [0.05, 0.1) is 10.6 Å². The summed E-state index contributed by atoms with van der Waals surface area (Å²) < 4.78 is 19.5. The smallest absolute Gasteiger partial charge is 0.215 e. The Bertz CT molecular complexity index is 771. The first-order chi connectivity index (χ1) is 11.5. The summed E-state index contributed by atoms with van der Waals surface area (Å²) >= 11 is 6.14. The van der Waals surface area contributed by atoms with Crippen LogP contribution in [0.4, 0.5) is 10.1 Å². The van der Waals surface area contributed by atoms with Gasteiger partial charge < -0.3 is 4.52 Å². The predicted molar refractivity (Wildman–Crippen MR) is 92.3 cm³/mol. The highest BCUT2D eigenvalue weighted by molar-refractivity contribution is 6.33. The number of anilines is 1. The Balaban J connectivity index is 2.75. The van der Waals surface area contributed by atoms with Gasteiger partial charge in [-0.3, -0.25) is 9.69 Å². The third-order valence-electron chi connectivity index (χ3n) is 4.28. The van der Waals surface area contributed by atoms with Crippen molar-refractivity contribution in [1.29, 1.82) is 0 Å². The van der Waals surface area contributed by atoms with Gasteiger partial charge in [-0.2, -0.15) is 0 Å². The van der Waals surface area contributed by atoms with E-state index < -0.39 is 11.4 Å². The summed E-state index contributed by atoms with van der Waals surface area (Å²) in [5.41, 5.74) is -0.288. The van der Waals surface area contributed by atoms with Crippen LogP contribution in [0.25, 0.3) is 11.3 Å². The second-order valence-electron chi connectivity index (χ2n) is 5.39. The molecule has 0 saturated carbocycles. The van der Waals surface area contributed by atoms with Crippen LogP contribution in [0, 0.1) is 25.1 Å². The molecule has 1 aromatic carbocycles. The fourth-order valence-electron chi connectivity index (χ4n) is 2.77. The molecule has 1 heterocycles. The lowest BCUT2D eigenvalue weighted by molar-refractivity contribution is -0.108. The van der Waals surface area contributed by atoms with Crippen LogP contribution < -0.4 is 4.90 Å².